The second-order valence-corrected chi connectivity index (χ2v) is 6.24. The van der Waals surface area contributed by atoms with Crippen molar-refractivity contribution in [1.82, 2.24) is 10.2 Å². The van der Waals surface area contributed by atoms with Gasteiger partial charge in [0.1, 0.15) is 5.01 Å². The zero-order valence-corrected chi connectivity index (χ0v) is 13.8. The maximum absolute atomic E-state index is 12.3. The summed E-state index contributed by atoms with van der Waals surface area (Å²) >= 11 is 1.47. The van der Waals surface area contributed by atoms with Crippen molar-refractivity contribution in [3.63, 3.8) is 0 Å². The molecule has 0 unspecified atom stereocenters. The molecule has 0 radical (unpaired) electrons. The fourth-order valence-electron chi connectivity index (χ4n) is 2.32. The Morgan fingerprint density at radius 1 is 1.24 bits per heavy atom. The Labute approximate surface area is 129 Å². The fraction of sp³-hybridized carbons (Fsp3) is 0.438. The van der Waals surface area contributed by atoms with E-state index in [9.17, 15) is 4.79 Å². The number of nitrogens with zero attached hydrogens (tertiary/aromatic N) is 2. The van der Waals surface area contributed by atoms with Crippen LogP contribution in [0.15, 0.2) is 18.2 Å². The lowest BCUT2D eigenvalue weighted by Gasteiger charge is -2.06. The highest BCUT2D eigenvalue weighted by atomic mass is 32.1. The molecule has 0 aliphatic rings. The largest absolute Gasteiger partial charge is 0.296 e. The fourth-order valence-corrected chi connectivity index (χ4v) is 3.33. The standard InChI is InChI=1S/C16H21N3OS/c1-5-12(6-2)15-18-19-16(21-15)17-14(20)13-8-7-10(3)9-11(13)4/h7-9,12H,5-6H2,1-4H3,(H,17,19,20). The van der Waals surface area contributed by atoms with E-state index in [0.717, 1.165) is 29.0 Å². The first-order valence-electron chi connectivity index (χ1n) is 7.27. The van der Waals surface area contributed by atoms with Gasteiger partial charge in [0.15, 0.2) is 0 Å². The molecule has 2 aromatic rings. The molecule has 0 saturated carbocycles. The van der Waals surface area contributed by atoms with Crippen LogP contribution in [0.3, 0.4) is 0 Å². The van der Waals surface area contributed by atoms with Gasteiger partial charge in [-0.05, 0) is 38.3 Å². The number of amides is 1. The van der Waals surface area contributed by atoms with Gasteiger partial charge in [0.2, 0.25) is 5.13 Å². The van der Waals surface area contributed by atoms with Crippen LogP contribution in [0.25, 0.3) is 0 Å². The molecule has 0 atom stereocenters. The van der Waals surface area contributed by atoms with E-state index in [1.165, 1.54) is 11.3 Å². The van der Waals surface area contributed by atoms with Gasteiger partial charge in [-0.1, -0.05) is 42.9 Å². The number of benzene rings is 1. The third-order valence-electron chi connectivity index (χ3n) is 3.62. The maximum Gasteiger partial charge on any atom is 0.257 e. The summed E-state index contributed by atoms with van der Waals surface area (Å²) in [7, 11) is 0. The van der Waals surface area contributed by atoms with E-state index in [-0.39, 0.29) is 5.91 Å². The number of carbonyl (C=O) groups excluding carboxylic acids is 1. The maximum atomic E-state index is 12.3. The van der Waals surface area contributed by atoms with Crippen LogP contribution in [0, 0.1) is 13.8 Å². The number of aryl methyl sites for hydroxylation is 2. The normalized spacial score (nSPS) is 10.9. The van der Waals surface area contributed by atoms with Crippen molar-refractivity contribution in [3.8, 4) is 0 Å². The molecule has 0 saturated heterocycles. The van der Waals surface area contributed by atoms with Gasteiger partial charge in [-0.25, -0.2) is 0 Å². The highest BCUT2D eigenvalue weighted by molar-refractivity contribution is 7.15. The quantitative estimate of drug-likeness (QED) is 0.895. The molecule has 0 bridgehead atoms. The van der Waals surface area contributed by atoms with Crippen molar-refractivity contribution in [2.45, 2.75) is 46.5 Å². The van der Waals surface area contributed by atoms with E-state index in [4.69, 9.17) is 0 Å². The molecule has 0 aliphatic carbocycles. The zero-order valence-electron chi connectivity index (χ0n) is 12.9. The first kappa shape index (κ1) is 15.6. The van der Waals surface area contributed by atoms with E-state index >= 15 is 0 Å². The Morgan fingerprint density at radius 2 is 1.95 bits per heavy atom. The monoisotopic (exact) mass is 303 g/mol. The first-order valence-corrected chi connectivity index (χ1v) is 8.08. The number of rotatable bonds is 5. The number of hydrogen-bond donors (Lipinski definition) is 1. The summed E-state index contributed by atoms with van der Waals surface area (Å²) < 4.78 is 0. The molecule has 21 heavy (non-hydrogen) atoms. The summed E-state index contributed by atoms with van der Waals surface area (Å²) in [6.07, 6.45) is 2.08. The first-order chi connectivity index (χ1) is 10.0. The van der Waals surface area contributed by atoms with Crippen molar-refractivity contribution < 1.29 is 4.79 Å². The van der Waals surface area contributed by atoms with Gasteiger partial charge in [-0.15, -0.1) is 10.2 Å². The average molecular weight is 303 g/mol. The van der Waals surface area contributed by atoms with E-state index in [1.807, 2.05) is 32.0 Å². The molecule has 1 aromatic carbocycles. The number of carbonyl (C=O) groups is 1. The van der Waals surface area contributed by atoms with E-state index in [2.05, 4.69) is 29.4 Å². The molecule has 1 aromatic heterocycles. The van der Waals surface area contributed by atoms with Crippen LogP contribution < -0.4 is 5.32 Å². The van der Waals surface area contributed by atoms with Crippen LogP contribution in [-0.2, 0) is 0 Å². The van der Waals surface area contributed by atoms with Crippen molar-refractivity contribution in [3.05, 3.63) is 39.9 Å². The molecule has 0 fully saturated rings. The lowest BCUT2D eigenvalue weighted by molar-refractivity contribution is 0.102. The van der Waals surface area contributed by atoms with Crippen molar-refractivity contribution in [2.75, 3.05) is 5.32 Å². The minimum Gasteiger partial charge on any atom is -0.296 e. The summed E-state index contributed by atoms with van der Waals surface area (Å²) in [5, 5.41) is 12.7. The number of hydrogen-bond acceptors (Lipinski definition) is 4. The Morgan fingerprint density at radius 3 is 2.57 bits per heavy atom. The van der Waals surface area contributed by atoms with Crippen LogP contribution in [0.2, 0.25) is 0 Å². The Balaban J connectivity index is 2.13. The molecule has 1 N–H and O–H groups in total. The van der Waals surface area contributed by atoms with Crippen LogP contribution in [-0.4, -0.2) is 16.1 Å². The highest BCUT2D eigenvalue weighted by Gasteiger charge is 2.16. The minimum atomic E-state index is -0.125. The van der Waals surface area contributed by atoms with Gasteiger partial charge >= 0.3 is 0 Å². The second-order valence-electron chi connectivity index (χ2n) is 5.23. The Bertz CT molecular complexity index is 632. The number of aromatic nitrogens is 2. The molecule has 1 heterocycles. The molecule has 4 nitrogen and oxygen atoms in total. The third-order valence-corrected chi connectivity index (χ3v) is 4.62. The average Bonchev–Trinajstić information content (AvgIpc) is 2.88. The molecule has 112 valence electrons. The van der Waals surface area contributed by atoms with E-state index in [1.54, 1.807) is 0 Å². The molecular formula is C16H21N3OS. The van der Waals surface area contributed by atoms with Crippen LogP contribution in [0.1, 0.15) is 59.1 Å². The zero-order chi connectivity index (χ0) is 15.4. The van der Waals surface area contributed by atoms with E-state index < -0.39 is 0 Å². The third kappa shape index (κ3) is 3.67. The molecule has 1 amide bonds. The van der Waals surface area contributed by atoms with Crippen molar-refractivity contribution >= 4 is 22.4 Å². The molecule has 0 aliphatic heterocycles. The lowest BCUT2D eigenvalue weighted by atomic mass is 10.1. The van der Waals surface area contributed by atoms with Crippen molar-refractivity contribution in [2.24, 2.45) is 0 Å². The Hall–Kier alpha value is -1.75. The van der Waals surface area contributed by atoms with Crippen LogP contribution >= 0.6 is 11.3 Å². The van der Waals surface area contributed by atoms with Gasteiger partial charge < -0.3 is 0 Å². The van der Waals surface area contributed by atoms with Gasteiger partial charge in [-0.2, -0.15) is 0 Å². The summed E-state index contributed by atoms with van der Waals surface area (Å²) in [6.45, 7) is 8.24. The molecule has 0 spiro atoms. The predicted octanol–water partition coefficient (Wildman–Crippen LogP) is 4.31. The summed E-state index contributed by atoms with van der Waals surface area (Å²) in [6, 6.07) is 5.80. The highest BCUT2D eigenvalue weighted by Crippen LogP contribution is 2.28. The van der Waals surface area contributed by atoms with Gasteiger partial charge in [0.25, 0.3) is 5.91 Å². The smallest absolute Gasteiger partial charge is 0.257 e. The van der Waals surface area contributed by atoms with Crippen molar-refractivity contribution in [1.29, 1.82) is 0 Å². The summed E-state index contributed by atoms with van der Waals surface area (Å²) in [5.74, 6) is 0.300. The van der Waals surface area contributed by atoms with Gasteiger partial charge in [0.05, 0.1) is 0 Å². The topological polar surface area (TPSA) is 54.9 Å². The molecule has 2 rings (SSSR count). The Kier molecular flexibility index (Phi) is 5.07. The van der Waals surface area contributed by atoms with Crippen LogP contribution in [0.5, 0.6) is 0 Å². The summed E-state index contributed by atoms with van der Waals surface area (Å²) in [4.78, 5) is 12.3. The number of nitrogens with one attached hydrogen (secondary N) is 1. The molecule has 5 heteroatoms. The number of anilines is 1. The molecular weight excluding hydrogens is 282 g/mol. The second kappa shape index (κ2) is 6.80. The van der Waals surface area contributed by atoms with Gasteiger partial charge in [-0.3, -0.25) is 10.1 Å². The minimum absolute atomic E-state index is 0.125. The van der Waals surface area contributed by atoms with Crippen LogP contribution in [0.4, 0.5) is 5.13 Å². The van der Waals surface area contributed by atoms with Gasteiger partial charge in [0, 0.05) is 11.5 Å². The SMILES string of the molecule is CCC(CC)c1nnc(NC(=O)c2ccc(C)cc2C)s1. The lowest BCUT2D eigenvalue weighted by Crippen LogP contribution is -2.13. The predicted molar refractivity (Wildman–Crippen MR) is 87.1 cm³/mol. The summed E-state index contributed by atoms with van der Waals surface area (Å²) in [5.41, 5.74) is 2.80. The van der Waals surface area contributed by atoms with E-state index in [0.29, 0.717) is 16.6 Å².